The minimum atomic E-state index is -0.529. The molecule has 1 heterocycles. The summed E-state index contributed by atoms with van der Waals surface area (Å²) in [6, 6.07) is 4.35. The van der Waals surface area contributed by atoms with Crippen molar-refractivity contribution in [1.29, 1.82) is 0 Å². The van der Waals surface area contributed by atoms with Crippen LogP contribution in [-0.4, -0.2) is 31.6 Å². The van der Waals surface area contributed by atoms with Crippen molar-refractivity contribution in [3.63, 3.8) is 0 Å². The minimum Gasteiger partial charge on any atom is -0.370 e. The highest BCUT2D eigenvalue weighted by Gasteiger charge is 2.22. The molecule has 114 valence electrons. The standard InChI is InChI=1S/C15H19FN2O3/c1-2-3-4-14(19)17-11-5-6-13(12(16)9-11)18-7-8-21-10-15(18)20/h5-6,9H,2-4,7-8,10H2,1H3,(H,17,19). The minimum absolute atomic E-state index is 0.0328. The highest BCUT2D eigenvalue weighted by Crippen LogP contribution is 2.24. The summed E-state index contributed by atoms with van der Waals surface area (Å²) in [6.07, 6.45) is 2.15. The summed E-state index contributed by atoms with van der Waals surface area (Å²) in [5.74, 6) is -0.926. The number of hydrogen-bond donors (Lipinski definition) is 1. The lowest BCUT2D eigenvalue weighted by atomic mass is 10.2. The number of rotatable bonds is 5. The van der Waals surface area contributed by atoms with E-state index in [1.807, 2.05) is 6.92 Å². The fourth-order valence-corrected chi connectivity index (χ4v) is 2.14. The van der Waals surface area contributed by atoms with E-state index in [1.165, 1.54) is 17.0 Å². The molecule has 1 saturated heterocycles. The van der Waals surface area contributed by atoms with Crippen LogP contribution in [-0.2, 0) is 14.3 Å². The van der Waals surface area contributed by atoms with Crippen molar-refractivity contribution < 1.29 is 18.7 Å². The lowest BCUT2D eigenvalue weighted by Crippen LogP contribution is -2.42. The van der Waals surface area contributed by atoms with Crippen LogP contribution in [0.4, 0.5) is 15.8 Å². The number of carbonyl (C=O) groups is 2. The van der Waals surface area contributed by atoms with Crippen LogP contribution in [0, 0.1) is 5.82 Å². The summed E-state index contributed by atoms with van der Waals surface area (Å²) >= 11 is 0. The van der Waals surface area contributed by atoms with Gasteiger partial charge in [-0.05, 0) is 24.6 Å². The van der Waals surface area contributed by atoms with E-state index in [2.05, 4.69) is 5.32 Å². The molecule has 1 N–H and O–H groups in total. The average Bonchev–Trinajstić information content (AvgIpc) is 2.46. The third kappa shape index (κ3) is 4.01. The molecule has 1 aliphatic heterocycles. The van der Waals surface area contributed by atoms with Crippen LogP contribution in [0.2, 0.25) is 0 Å². The molecule has 1 fully saturated rings. The van der Waals surface area contributed by atoms with Gasteiger partial charge in [-0.25, -0.2) is 4.39 Å². The monoisotopic (exact) mass is 294 g/mol. The van der Waals surface area contributed by atoms with Gasteiger partial charge in [0.1, 0.15) is 12.4 Å². The number of hydrogen-bond acceptors (Lipinski definition) is 3. The number of carbonyl (C=O) groups excluding carboxylic acids is 2. The van der Waals surface area contributed by atoms with Gasteiger partial charge in [0.05, 0.1) is 12.3 Å². The maximum absolute atomic E-state index is 14.1. The van der Waals surface area contributed by atoms with Gasteiger partial charge in [-0.3, -0.25) is 9.59 Å². The Labute approximate surface area is 123 Å². The van der Waals surface area contributed by atoms with Crippen molar-refractivity contribution in [3.05, 3.63) is 24.0 Å². The van der Waals surface area contributed by atoms with E-state index in [9.17, 15) is 14.0 Å². The Bertz CT molecular complexity index is 534. The molecule has 2 amide bonds. The lowest BCUT2D eigenvalue weighted by molar-refractivity contribution is -0.125. The summed E-state index contributed by atoms with van der Waals surface area (Å²) in [5.41, 5.74) is 0.618. The lowest BCUT2D eigenvalue weighted by Gasteiger charge is -2.27. The molecule has 0 unspecified atom stereocenters. The molecule has 0 atom stereocenters. The number of ether oxygens (including phenoxy) is 1. The molecule has 2 rings (SSSR count). The largest absolute Gasteiger partial charge is 0.370 e. The number of morpholine rings is 1. The van der Waals surface area contributed by atoms with E-state index in [0.29, 0.717) is 25.3 Å². The van der Waals surface area contributed by atoms with Crippen molar-refractivity contribution in [2.45, 2.75) is 26.2 Å². The molecule has 0 aromatic heterocycles. The molecule has 1 aliphatic rings. The molecular formula is C15H19FN2O3. The molecule has 6 heteroatoms. The molecule has 0 saturated carbocycles. The second kappa shape index (κ2) is 7.17. The third-order valence-corrected chi connectivity index (χ3v) is 3.27. The van der Waals surface area contributed by atoms with Gasteiger partial charge in [0.15, 0.2) is 0 Å². The summed E-state index contributed by atoms with van der Waals surface area (Å²) in [4.78, 5) is 24.7. The number of nitrogens with zero attached hydrogens (tertiary/aromatic N) is 1. The number of amides is 2. The van der Waals surface area contributed by atoms with E-state index >= 15 is 0 Å². The van der Waals surface area contributed by atoms with E-state index < -0.39 is 5.82 Å². The number of halogens is 1. The van der Waals surface area contributed by atoms with Gasteiger partial charge in [-0.2, -0.15) is 0 Å². The van der Waals surface area contributed by atoms with Gasteiger partial charge in [0, 0.05) is 18.7 Å². The first-order valence-corrected chi connectivity index (χ1v) is 7.09. The quantitative estimate of drug-likeness (QED) is 0.906. The predicted octanol–water partition coefficient (Wildman–Crippen LogP) is 2.32. The molecular weight excluding hydrogens is 275 g/mol. The van der Waals surface area contributed by atoms with E-state index in [0.717, 1.165) is 12.8 Å². The van der Waals surface area contributed by atoms with Crippen LogP contribution in [0.3, 0.4) is 0 Å². The van der Waals surface area contributed by atoms with Gasteiger partial charge in [-0.15, -0.1) is 0 Å². The summed E-state index contributed by atoms with van der Waals surface area (Å²) in [6.45, 7) is 2.69. The fourth-order valence-electron chi connectivity index (χ4n) is 2.14. The topological polar surface area (TPSA) is 58.6 Å². The summed E-state index contributed by atoms with van der Waals surface area (Å²) in [7, 11) is 0. The van der Waals surface area contributed by atoms with Gasteiger partial charge < -0.3 is 15.0 Å². The van der Waals surface area contributed by atoms with Crippen LogP contribution in [0.15, 0.2) is 18.2 Å². The second-order valence-corrected chi connectivity index (χ2v) is 4.92. The number of benzene rings is 1. The number of unbranched alkanes of at least 4 members (excludes halogenated alkanes) is 1. The molecule has 1 aromatic rings. The van der Waals surface area contributed by atoms with Crippen LogP contribution in [0.1, 0.15) is 26.2 Å². The molecule has 0 spiro atoms. The molecule has 21 heavy (non-hydrogen) atoms. The Hall–Kier alpha value is -1.95. The normalized spacial score (nSPS) is 15.1. The zero-order valence-corrected chi connectivity index (χ0v) is 12.0. The van der Waals surface area contributed by atoms with Crippen molar-refractivity contribution in [2.24, 2.45) is 0 Å². The highest BCUT2D eigenvalue weighted by atomic mass is 19.1. The Morgan fingerprint density at radius 3 is 2.95 bits per heavy atom. The third-order valence-electron chi connectivity index (χ3n) is 3.27. The molecule has 0 aliphatic carbocycles. The Balaban J connectivity index is 2.06. The Morgan fingerprint density at radius 2 is 2.29 bits per heavy atom. The average molecular weight is 294 g/mol. The zero-order valence-electron chi connectivity index (χ0n) is 12.0. The Kier molecular flexibility index (Phi) is 5.27. The second-order valence-electron chi connectivity index (χ2n) is 4.92. The van der Waals surface area contributed by atoms with Gasteiger partial charge >= 0.3 is 0 Å². The Morgan fingerprint density at radius 1 is 1.48 bits per heavy atom. The van der Waals surface area contributed by atoms with Crippen molar-refractivity contribution in [2.75, 3.05) is 30.0 Å². The predicted molar refractivity (Wildman–Crippen MR) is 77.7 cm³/mol. The van der Waals surface area contributed by atoms with Crippen LogP contribution >= 0.6 is 0 Å². The summed E-state index contributed by atoms with van der Waals surface area (Å²) in [5, 5.41) is 2.65. The van der Waals surface area contributed by atoms with Crippen molar-refractivity contribution >= 4 is 23.2 Å². The zero-order chi connectivity index (χ0) is 15.2. The first-order chi connectivity index (χ1) is 10.1. The highest BCUT2D eigenvalue weighted by molar-refractivity contribution is 5.96. The van der Waals surface area contributed by atoms with Gasteiger partial charge in [-0.1, -0.05) is 13.3 Å². The molecule has 0 bridgehead atoms. The molecule has 5 nitrogen and oxygen atoms in total. The maximum Gasteiger partial charge on any atom is 0.253 e. The first-order valence-electron chi connectivity index (χ1n) is 7.09. The molecule has 1 aromatic carbocycles. The van der Waals surface area contributed by atoms with E-state index in [-0.39, 0.29) is 24.1 Å². The van der Waals surface area contributed by atoms with E-state index in [4.69, 9.17) is 4.74 Å². The number of nitrogens with one attached hydrogen (secondary N) is 1. The SMILES string of the molecule is CCCCC(=O)Nc1ccc(N2CCOCC2=O)c(F)c1. The fraction of sp³-hybridized carbons (Fsp3) is 0.467. The van der Waals surface area contributed by atoms with Crippen LogP contribution < -0.4 is 10.2 Å². The number of anilines is 2. The van der Waals surface area contributed by atoms with Crippen LogP contribution in [0.5, 0.6) is 0 Å². The van der Waals surface area contributed by atoms with Crippen molar-refractivity contribution in [1.82, 2.24) is 0 Å². The van der Waals surface area contributed by atoms with Gasteiger partial charge in [0.25, 0.3) is 5.91 Å². The maximum atomic E-state index is 14.1. The molecule has 0 radical (unpaired) electrons. The first kappa shape index (κ1) is 15.4. The summed E-state index contributed by atoms with van der Waals surface area (Å²) < 4.78 is 19.1. The van der Waals surface area contributed by atoms with Crippen LogP contribution in [0.25, 0.3) is 0 Å². The van der Waals surface area contributed by atoms with E-state index in [1.54, 1.807) is 6.07 Å². The van der Waals surface area contributed by atoms with Gasteiger partial charge in [0.2, 0.25) is 5.91 Å². The van der Waals surface area contributed by atoms with Crippen molar-refractivity contribution in [3.8, 4) is 0 Å². The smallest absolute Gasteiger partial charge is 0.253 e.